The van der Waals surface area contributed by atoms with E-state index in [9.17, 15) is 31.9 Å². The fourth-order valence-corrected chi connectivity index (χ4v) is 2.76. The molecule has 0 unspecified atom stereocenters. The monoisotopic (exact) mass is 421 g/mol. The van der Waals surface area contributed by atoms with Crippen LogP contribution >= 0.6 is 0 Å². The van der Waals surface area contributed by atoms with Gasteiger partial charge in [-0.2, -0.15) is 13.2 Å². The first-order valence-corrected chi connectivity index (χ1v) is 8.62. The van der Waals surface area contributed by atoms with Gasteiger partial charge in [0.25, 0.3) is 0 Å². The fraction of sp³-hybridized carbons (Fsp3) is 0.150. The van der Waals surface area contributed by atoms with Gasteiger partial charge in [0.15, 0.2) is 0 Å². The molecule has 3 aromatic rings. The number of anilines is 1. The van der Waals surface area contributed by atoms with Gasteiger partial charge in [0.1, 0.15) is 12.4 Å². The molecule has 0 bridgehead atoms. The van der Waals surface area contributed by atoms with Crippen LogP contribution in [0, 0.1) is 12.7 Å². The average Bonchev–Trinajstić information content (AvgIpc) is 2.67. The lowest BCUT2D eigenvalue weighted by atomic mass is 10.2. The van der Waals surface area contributed by atoms with Gasteiger partial charge in [-0.1, -0.05) is 6.07 Å². The van der Waals surface area contributed by atoms with Crippen LogP contribution in [-0.2, 0) is 17.5 Å². The van der Waals surface area contributed by atoms with Crippen molar-refractivity contribution in [2.24, 2.45) is 0 Å². The van der Waals surface area contributed by atoms with Gasteiger partial charge in [0.05, 0.1) is 11.3 Å². The minimum atomic E-state index is -4.50. The normalized spacial score (nSPS) is 11.4. The Kier molecular flexibility index (Phi) is 5.59. The summed E-state index contributed by atoms with van der Waals surface area (Å²) in [6.45, 7) is 1.11. The molecule has 1 amide bonds. The zero-order valence-electron chi connectivity index (χ0n) is 15.5. The number of aryl methyl sites for hydroxylation is 1. The molecular weight excluding hydrogens is 406 g/mol. The minimum Gasteiger partial charge on any atom is -0.325 e. The van der Waals surface area contributed by atoms with E-state index in [1.54, 1.807) is 6.92 Å². The van der Waals surface area contributed by atoms with E-state index in [-0.39, 0.29) is 11.4 Å². The van der Waals surface area contributed by atoms with Crippen LogP contribution in [0.3, 0.4) is 0 Å². The predicted molar refractivity (Wildman–Crippen MR) is 101 cm³/mol. The number of amides is 1. The van der Waals surface area contributed by atoms with Gasteiger partial charge in [0, 0.05) is 18.1 Å². The number of halogens is 4. The van der Waals surface area contributed by atoms with E-state index >= 15 is 0 Å². The number of hydrogen-bond acceptors (Lipinski definition) is 3. The highest BCUT2D eigenvalue weighted by Crippen LogP contribution is 2.29. The molecule has 0 saturated carbocycles. The van der Waals surface area contributed by atoms with Crippen molar-refractivity contribution in [2.75, 3.05) is 5.32 Å². The smallest absolute Gasteiger partial charge is 0.325 e. The van der Waals surface area contributed by atoms with Crippen molar-refractivity contribution in [1.29, 1.82) is 0 Å². The van der Waals surface area contributed by atoms with Gasteiger partial charge in [0.2, 0.25) is 5.91 Å². The molecule has 0 radical (unpaired) electrons. The Morgan fingerprint density at radius 2 is 1.67 bits per heavy atom. The largest absolute Gasteiger partial charge is 0.416 e. The summed E-state index contributed by atoms with van der Waals surface area (Å²) in [5.74, 6) is -1.29. The van der Waals surface area contributed by atoms with Gasteiger partial charge in [-0.3, -0.25) is 23.5 Å². The number of aromatic nitrogens is 2. The summed E-state index contributed by atoms with van der Waals surface area (Å²) >= 11 is 0. The van der Waals surface area contributed by atoms with Crippen LogP contribution in [0.15, 0.2) is 64.4 Å². The number of alkyl halides is 3. The Labute approximate surface area is 167 Å². The zero-order chi connectivity index (χ0) is 22.1. The molecule has 0 aliphatic carbocycles. The standard InChI is InChI=1S/C20H15F4N3O3/c1-12-2-5-14(21)10-16(12)27-9-8-26(18(29)19(27)30)11-17(28)25-15-6-3-13(4-7-15)20(22,23)24/h2-10H,11H2,1H3,(H,25,28). The van der Waals surface area contributed by atoms with Gasteiger partial charge in [-0.05, 0) is 48.9 Å². The average molecular weight is 421 g/mol. The molecule has 0 spiro atoms. The first-order valence-electron chi connectivity index (χ1n) is 8.62. The second-order valence-electron chi connectivity index (χ2n) is 6.46. The Morgan fingerprint density at radius 3 is 2.30 bits per heavy atom. The summed E-state index contributed by atoms with van der Waals surface area (Å²) in [4.78, 5) is 36.9. The van der Waals surface area contributed by atoms with Crippen LogP contribution in [0.1, 0.15) is 11.1 Å². The van der Waals surface area contributed by atoms with Crippen molar-refractivity contribution in [3.63, 3.8) is 0 Å². The zero-order valence-corrected chi connectivity index (χ0v) is 15.5. The molecule has 3 rings (SSSR count). The summed E-state index contributed by atoms with van der Waals surface area (Å²) in [6, 6.07) is 7.56. The van der Waals surface area contributed by atoms with Gasteiger partial charge >= 0.3 is 17.3 Å². The van der Waals surface area contributed by atoms with Crippen LogP contribution in [0.4, 0.5) is 23.2 Å². The minimum absolute atomic E-state index is 0.102. The molecular formula is C20H15F4N3O3. The van der Waals surface area contributed by atoms with Crippen molar-refractivity contribution >= 4 is 11.6 Å². The molecule has 0 aliphatic rings. The predicted octanol–water partition coefficient (Wildman–Crippen LogP) is 3.10. The second-order valence-corrected chi connectivity index (χ2v) is 6.46. The van der Waals surface area contributed by atoms with Crippen molar-refractivity contribution < 1.29 is 22.4 Å². The molecule has 2 aromatic carbocycles. The lowest BCUT2D eigenvalue weighted by Crippen LogP contribution is -2.41. The third-order valence-corrected chi connectivity index (χ3v) is 4.30. The molecule has 1 aromatic heterocycles. The number of rotatable bonds is 4. The molecule has 0 aliphatic heterocycles. The lowest BCUT2D eigenvalue weighted by Gasteiger charge is -2.12. The molecule has 1 heterocycles. The van der Waals surface area contributed by atoms with Crippen LogP contribution in [-0.4, -0.2) is 15.0 Å². The van der Waals surface area contributed by atoms with Crippen LogP contribution in [0.5, 0.6) is 0 Å². The van der Waals surface area contributed by atoms with Crippen molar-refractivity contribution in [1.82, 2.24) is 9.13 Å². The summed E-state index contributed by atoms with van der Waals surface area (Å²) in [5.41, 5.74) is -2.00. The topological polar surface area (TPSA) is 73.1 Å². The molecule has 156 valence electrons. The van der Waals surface area contributed by atoms with E-state index in [1.807, 2.05) is 0 Å². The summed E-state index contributed by atoms with van der Waals surface area (Å²) < 4.78 is 53.1. The van der Waals surface area contributed by atoms with E-state index in [2.05, 4.69) is 5.32 Å². The molecule has 6 nitrogen and oxygen atoms in total. The first-order chi connectivity index (χ1) is 14.1. The molecule has 1 N–H and O–H groups in total. The SMILES string of the molecule is Cc1ccc(F)cc1-n1ccn(CC(=O)Nc2ccc(C(F)(F)F)cc2)c(=O)c1=O. The second kappa shape index (κ2) is 7.97. The Balaban J connectivity index is 1.80. The van der Waals surface area contributed by atoms with Gasteiger partial charge in [-0.15, -0.1) is 0 Å². The fourth-order valence-electron chi connectivity index (χ4n) is 2.76. The van der Waals surface area contributed by atoms with E-state index in [1.165, 1.54) is 24.5 Å². The maximum absolute atomic E-state index is 13.5. The maximum atomic E-state index is 13.5. The number of carbonyl (C=O) groups excluding carboxylic acids is 1. The molecule has 0 fully saturated rings. The summed E-state index contributed by atoms with van der Waals surface area (Å²) in [5, 5.41) is 2.35. The van der Waals surface area contributed by atoms with Crippen LogP contribution < -0.4 is 16.4 Å². The Morgan fingerprint density at radius 1 is 1.00 bits per heavy atom. The number of carbonyl (C=O) groups is 1. The van der Waals surface area contributed by atoms with Crippen molar-refractivity contribution in [3.8, 4) is 5.69 Å². The summed E-state index contributed by atoms with van der Waals surface area (Å²) in [6.07, 6.45) is -2.07. The first kappa shape index (κ1) is 21.0. The third kappa shape index (κ3) is 4.48. The van der Waals surface area contributed by atoms with Crippen molar-refractivity contribution in [2.45, 2.75) is 19.6 Å². The van der Waals surface area contributed by atoms with E-state index in [4.69, 9.17) is 0 Å². The quantitative estimate of drug-likeness (QED) is 0.520. The third-order valence-electron chi connectivity index (χ3n) is 4.30. The van der Waals surface area contributed by atoms with E-state index < -0.39 is 41.1 Å². The van der Waals surface area contributed by atoms with Crippen LogP contribution in [0.2, 0.25) is 0 Å². The highest BCUT2D eigenvalue weighted by molar-refractivity contribution is 5.90. The molecule has 30 heavy (non-hydrogen) atoms. The van der Waals surface area contributed by atoms with E-state index in [0.29, 0.717) is 5.56 Å². The Bertz CT molecular complexity index is 1210. The number of nitrogens with zero attached hydrogens (tertiary/aromatic N) is 2. The summed E-state index contributed by atoms with van der Waals surface area (Å²) in [7, 11) is 0. The number of hydrogen-bond donors (Lipinski definition) is 1. The maximum Gasteiger partial charge on any atom is 0.416 e. The molecule has 0 atom stereocenters. The van der Waals surface area contributed by atoms with Gasteiger partial charge in [-0.25, -0.2) is 4.39 Å². The van der Waals surface area contributed by atoms with Gasteiger partial charge < -0.3 is 5.32 Å². The highest BCUT2D eigenvalue weighted by Gasteiger charge is 2.30. The number of nitrogens with one attached hydrogen (secondary N) is 1. The van der Waals surface area contributed by atoms with E-state index in [0.717, 1.165) is 39.5 Å². The Hall–Kier alpha value is -3.69. The highest BCUT2D eigenvalue weighted by atomic mass is 19.4. The van der Waals surface area contributed by atoms with Crippen molar-refractivity contribution in [3.05, 3.63) is 92.5 Å². The number of benzene rings is 2. The lowest BCUT2D eigenvalue weighted by molar-refractivity contribution is -0.137. The molecule has 0 saturated heterocycles. The van der Waals surface area contributed by atoms with Crippen LogP contribution in [0.25, 0.3) is 5.69 Å². The molecule has 10 heteroatoms.